The lowest BCUT2D eigenvalue weighted by atomic mass is 9.92. The van der Waals surface area contributed by atoms with Gasteiger partial charge in [-0.25, -0.2) is 4.79 Å². The highest BCUT2D eigenvalue weighted by Crippen LogP contribution is 2.26. The fourth-order valence-corrected chi connectivity index (χ4v) is 4.55. The summed E-state index contributed by atoms with van der Waals surface area (Å²) in [6, 6.07) is 23.4. The topological polar surface area (TPSA) is 90.5 Å². The fraction of sp³-hybridized carbons (Fsp3) is 0.300. The Bertz CT molecular complexity index is 1240. The van der Waals surface area contributed by atoms with Crippen molar-refractivity contribution in [3.63, 3.8) is 0 Å². The number of carbonyl (C=O) groups is 3. The van der Waals surface area contributed by atoms with Crippen LogP contribution in [0.15, 0.2) is 78.9 Å². The molecule has 1 aliphatic rings. The Kier molecular flexibility index (Phi) is 8.23. The van der Waals surface area contributed by atoms with Crippen LogP contribution in [0.3, 0.4) is 0 Å². The van der Waals surface area contributed by atoms with Crippen molar-refractivity contribution in [3.8, 4) is 0 Å². The molecule has 0 saturated heterocycles. The summed E-state index contributed by atoms with van der Waals surface area (Å²) in [6.07, 6.45) is 0.908. The molecule has 1 heterocycles. The van der Waals surface area contributed by atoms with Gasteiger partial charge in [0.2, 0.25) is 11.8 Å². The number of anilines is 2. The molecule has 2 unspecified atom stereocenters. The molecule has 7 heteroatoms. The van der Waals surface area contributed by atoms with E-state index in [0.717, 1.165) is 16.7 Å². The van der Waals surface area contributed by atoms with Gasteiger partial charge in [0.1, 0.15) is 6.04 Å². The lowest BCUT2D eigenvalue weighted by Crippen LogP contribution is -2.53. The van der Waals surface area contributed by atoms with Gasteiger partial charge in [0.05, 0.1) is 6.04 Å². The van der Waals surface area contributed by atoms with Crippen molar-refractivity contribution >= 4 is 29.2 Å². The van der Waals surface area contributed by atoms with Crippen LogP contribution in [0.2, 0.25) is 0 Å². The lowest BCUT2D eigenvalue weighted by molar-refractivity contribution is -0.142. The van der Waals surface area contributed by atoms with Gasteiger partial charge in [-0.15, -0.1) is 0 Å². The van der Waals surface area contributed by atoms with E-state index in [4.69, 9.17) is 0 Å². The normalized spacial score (nSPS) is 15.5. The van der Waals surface area contributed by atoms with Gasteiger partial charge in [0.25, 0.3) is 0 Å². The molecule has 0 radical (unpaired) electrons. The quantitative estimate of drug-likeness (QED) is 0.401. The van der Waals surface area contributed by atoms with Gasteiger partial charge in [0.15, 0.2) is 0 Å². The summed E-state index contributed by atoms with van der Waals surface area (Å²) in [5, 5.41) is 8.69. The molecule has 0 bridgehead atoms. The Hall–Kier alpha value is -4.13. The van der Waals surface area contributed by atoms with Crippen LogP contribution >= 0.6 is 0 Å². The molecule has 0 aromatic heterocycles. The Morgan fingerprint density at radius 2 is 1.41 bits per heavy atom. The summed E-state index contributed by atoms with van der Waals surface area (Å²) in [6.45, 7) is 6.38. The second kappa shape index (κ2) is 11.7. The molecule has 192 valence electrons. The third-order valence-electron chi connectivity index (χ3n) is 6.51. The minimum Gasteiger partial charge on any atom is -0.348 e. The Morgan fingerprint density at radius 1 is 0.811 bits per heavy atom. The number of amides is 4. The second-order valence-corrected chi connectivity index (χ2v) is 9.91. The van der Waals surface area contributed by atoms with Crippen LogP contribution in [0.4, 0.5) is 16.2 Å². The fourth-order valence-electron chi connectivity index (χ4n) is 4.55. The maximum absolute atomic E-state index is 13.4. The average Bonchev–Trinajstić information content (AvgIpc) is 2.88. The van der Waals surface area contributed by atoms with Crippen molar-refractivity contribution in [3.05, 3.63) is 95.6 Å². The first-order chi connectivity index (χ1) is 17.8. The number of hydrogen-bond donors (Lipinski definition) is 3. The van der Waals surface area contributed by atoms with Crippen LogP contribution in [0.25, 0.3) is 0 Å². The van der Waals surface area contributed by atoms with Crippen LogP contribution in [0, 0.1) is 5.92 Å². The maximum Gasteiger partial charge on any atom is 0.323 e. The maximum atomic E-state index is 13.4. The highest BCUT2D eigenvalue weighted by atomic mass is 16.2. The number of hydrogen-bond acceptors (Lipinski definition) is 3. The van der Waals surface area contributed by atoms with Crippen molar-refractivity contribution in [2.75, 3.05) is 10.6 Å². The van der Waals surface area contributed by atoms with Crippen molar-refractivity contribution in [1.29, 1.82) is 0 Å². The Morgan fingerprint density at radius 3 is 2.05 bits per heavy atom. The number of urea groups is 1. The molecule has 3 N–H and O–H groups in total. The molecule has 3 aromatic rings. The number of benzene rings is 3. The van der Waals surface area contributed by atoms with E-state index in [9.17, 15) is 14.4 Å². The summed E-state index contributed by atoms with van der Waals surface area (Å²) in [4.78, 5) is 40.4. The predicted octanol–water partition coefficient (Wildman–Crippen LogP) is 5.51. The summed E-state index contributed by atoms with van der Waals surface area (Å²) in [7, 11) is 0. The average molecular weight is 499 g/mol. The van der Waals surface area contributed by atoms with Gasteiger partial charge in [-0.05, 0) is 53.8 Å². The first-order valence-electron chi connectivity index (χ1n) is 12.7. The molecule has 0 fully saturated rings. The molecular weight excluding hydrogens is 464 g/mol. The molecule has 0 saturated carbocycles. The number of fused-ring (bicyclic) bond motifs is 1. The standard InChI is InChI=1S/C30H34N4O3/c1-20(2)17-28(35)34-19-24-10-8-7-9-23(24)18-27(34)29(36)31-21(3)22-13-15-26(16-14-22)33-30(37)32-25-11-5-4-6-12-25/h4-16,20-21,27H,17-19H2,1-3H3,(H,31,36)(H2,32,33,37). The molecule has 2 atom stereocenters. The molecule has 37 heavy (non-hydrogen) atoms. The summed E-state index contributed by atoms with van der Waals surface area (Å²) in [5.41, 5.74) is 4.45. The van der Waals surface area contributed by atoms with Crippen LogP contribution in [0.5, 0.6) is 0 Å². The summed E-state index contributed by atoms with van der Waals surface area (Å²) in [5.74, 6) is 0.0549. The van der Waals surface area contributed by atoms with Crippen molar-refractivity contribution in [2.45, 2.75) is 52.2 Å². The van der Waals surface area contributed by atoms with Crippen LogP contribution < -0.4 is 16.0 Å². The molecule has 4 amide bonds. The van der Waals surface area contributed by atoms with Gasteiger partial charge in [0, 0.05) is 30.8 Å². The molecule has 4 rings (SSSR count). The highest BCUT2D eigenvalue weighted by Gasteiger charge is 2.35. The van der Waals surface area contributed by atoms with E-state index in [0.29, 0.717) is 30.8 Å². The Labute approximate surface area is 218 Å². The smallest absolute Gasteiger partial charge is 0.323 e. The van der Waals surface area contributed by atoms with Gasteiger partial charge >= 0.3 is 6.03 Å². The van der Waals surface area contributed by atoms with Gasteiger partial charge < -0.3 is 20.9 Å². The molecular formula is C30H34N4O3. The van der Waals surface area contributed by atoms with E-state index >= 15 is 0 Å². The van der Waals surface area contributed by atoms with Crippen molar-refractivity contribution in [1.82, 2.24) is 10.2 Å². The zero-order chi connectivity index (χ0) is 26.4. The number of rotatable bonds is 7. The zero-order valence-corrected chi connectivity index (χ0v) is 21.5. The number of para-hydroxylation sites is 1. The summed E-state index contributed by atoms with van der Waals surface area (Å²) < 4.78 is 0. The minimum atomic E-state index is -0.550. The number of carbonyl (C=O) groups excluding carboxylic acids is 3. The number of nitrogens with zero attached hydrogens (tertiary/aromatic N) is 1. The summed E-state index contributed by atoms with van der Waals surface area (Å²) >= 11 is 0. The van der Waals surface area contributed by atoms with E-state index in [1.807, 2.05) is 87.5 Å². The first kappa shape index (κ1) is 25.9. The van der Waals surface area contributed by atoms with E-state index < -0.39 is 6.04 Å². The van der Waals surface area contributed by atoms with Crippen LogP contribution in [-0.4, -0.2) is 28.8 Å². The van der Waals surface area contributed by atoms with E-state index in [2.05, 4.69) is 16.0 Å². The monoisotopic (exact) mass is 498 g/mol. The highest BCUT2D eigenvalue weighted by molar-refractivity contribution is 5.99. The molecule has 1 aliphatic heterocycles. The van der Waals surface area contributed by atoms with E-state index in [1.165, 1.54) is 0 Å². The van der Waals surface area contributed by atoms with Crippen LogP contribution in [0.1, 0.15) is 49.9 Å². The van der Waals surface area contributed by atoms with E-state index in [-0.39, 0.29) is 29.8 Å². The second-order valence-electron chi connectivity index (χ2n) is 9.91. The van der Waals surface area contributed by atoms with Gasteiger partial charge in [-0.3, -0.25) is 9.59 Å². The third-order valence-corrected chi connectivity index (χ3v) is 6.51. The first-order valence-corrected chi connectivity index (χ1v) is 12.7. The largest absolute Gasteiger partial charge is 0.348 e. The van der Waals surface area contributed by atoms with Gasteiger partial charge in [-0.1, -0.05) is 68.4 Å². The Balaban J connectivity index is 1.40. The van der Waals surface area contributed by atoms with E-state index in [1.54, 1.807) is 17.0 Å². The third kappa shape index (κ3) is 6.76. The van der Waals surface area contributed by atoms with Crippen molar-refractivity contribution < 1.29 is 14.4 Å². The molecule has 0 aliphatic carbocycles. The minimum absolute atomic E-state index is 0.00140. The zero-order valence-electron chi connectivity index (χ0n) is 21.5. The SMILES string of the molecule is CC(C)CC(=O)N1Cc2ccccc2CC1C(=O)NC(C)c1ccc(NC(=O)Nc2ccccc2)cc1. The lowest BCUT2D eigenvalue weighted by Gasteiger charge is -2.37. The molecule has 7 nitrogen and oxygen atoms in total. The van der Waals surface area contributed by atoms with Gasteiger partial charge in [-0.2, -0.15) is 0 Å². The van der Waals surface area contributed by atoms with Crippen molar-refractivity contribution in [2.24, 2.45) is 5.92 Å². The molecule has 0 spiro atoms. The van der Waals surface area contributed by atoms with Crippen LogP contribution in [-0.2, 0) is 22.6 Å². The number of nitrogens with one attached hydrogen (secondary N) is 3. The molecule has 3 aromatic carbocycles. The predicted molar refractivity (Wildman–Crippen MR) is 146 cm³/mol.